The topological polar surface area (TPSA) is 66.9 Å². The summed E-state index contributed by atoms with van der Waals surface area (Å²) >= 11 is 0. The molecule has 1 heterocycles. The van der Waals surface area contributed by atoms with Crippen LogP contribution in [0.2, 0.25) is 0 Å². The number of aromatic nitrogens is 2. The molecule has 5 nitrogen and oxygen atoms in total. The van der Waals surface area contributed by atoms with Crippen LogP contribution in [0.1, 0.15) is 41.4 Å². The van der Waals surface area contributed by atoms with Gasteiger partial charge in [-0.15, -0.1) is 0 Å². The molecule has 0 aliphatic carbocycles. The summed E-state index contributed by atoms with van der Waals surface area (Å²) in [6.45, 7) is 6.31. The van der Waals surface area contributed by atoms with E-state index < -0.39 is 0 Å². The van der Waals surface area contributed by atoms with Gasteiger partial charge in [-0.3, -0.25) is 4.79 Å². The van der Waals surface area contributed by atoms with Crippen molar-refractivity contribution in [3.63, 3.8) is 0 Å². The predicted molar refractivity (Wildman–Crippen MR) is 105 cm³/mol. The smallest absolute Gasteiger partial charge is 0.274 e. The zero-order chi connectivity index (χ0) is 18.5. The van der Waals surface area contributed by atoms with Crippen molar-refractivity contribution in [3.05, 3.63) is 77.6 Å². The molecule has 2 aromatic carbocycles. The Kier molecular flexibility index (Phi) is 5.27. The van der Waals surface area contributed by atoms with E-state index in [0.29, 0.717) is 17.6 Å². The van der Waals surface area contributed by atoms with Crippen LogP contribution < -0.4 is 10.6 Å². The van der Waals surface area contributed by atoms with Gasteiger partial charge in [-0.1, -0.05) is 43.7 Å². The molecule has 0 unspecified atom stereocenters. The number of anilines is 3. The standard InChI is InChI=1S/C21H22N4O/c1-14(2)16-6-10-18(11-7-16)24-21-22-13-12-19(25-21)20(26)23-17-8-4-15(3)5-9-17/h4-14H,1-3H3,(H,23,26)(H,22,24,25). The number of hydrogen-bond donors (Lipinski definition) is 2. The fourth-order valence-corrected chi connectivity index (χ4v) is 2.46. The summed E-state index contributed by atoms with van der Waals surface area (Å²) in [5.41, 5.74) is 4.33. The van der Waals surface area contributed by atoms with Gasteiger partial charge in [0.05, 0.1) is 0 Å². The number of rotatable bonds is 5. The number of amides is 1. The summed E-state index contributed by atoms with van der Waals surface area (Å²) in [7, 11) is 0. The van der Waals surface area contributed by atoms with E-state index in [1.165, 1.54) is 5.56 Å². The van der Waals surface area contributed by atoms with Gasteiger partial charge in [0, 0.05) is 17.6 Å². The Morgan fingerprint density at radius 3 is 2.23 bits per heavy atom. The van der Waals surface area contributed by atoms with E-state index in [4.69, 9.17) is 0 Å². The minimum Gasteiger partial charge on any atom is -0.324 e. The third-order valence-electron chi connectivity index (χ3n) is 4.03. The quantitative estimate of drug-likeness (QED) is 0.689. The number of aryl methyl sites for hydroxylation is 1. The molecule has 1 aromatic heterocycles. The normalized spacial score (nSPS) is 10.6. The summed E-state index contributed by atoms with van der Waals surface area (Å²) in [6.07, 6.45) is 1.57. The van der Waals surface area contributed by atoms with Gasteiger partial charge in [0.25, 0.3) is 5.91 Å². The number of carbonyl (C=O) groups excluding carboxylic acids is 1. The van der Waals surface area contributed by atoms with Gasteiger partial charge < -0.3 is 10.6 Å². The van der Waals surface area contributed by atoms with Crippen LogP contribution in [0.4, 0.5) is 17.3 Å². The lowest BCUT2D eigenvalue weighted by atomic mass is 10.0. The van der Waals surface area contributed by atoms with Crippen molar-refractivity contribution >= 4 is 23.2 Å². The molecule has 0 spiro atoms. The molecule has 2 N–H and O–H groups in total. The maximum Gasteiger partial charge on any atom is 0.274 e. The lowest BCUT2D eigenvalue weighted by Gasteiger charge is -2.09. The monoisotopic (exact) mass is 346 g/mol. The van der Waals surface area contributed by atoms with E-state index in [1.807, 2.05) is 43.3 Å². The molecule has 132 valence electrons. The number of carbonyl (C=O) groups is 1. The van der Waals surface area contributed by atoms with Crippen LogP contribution in [0, 0.1) is 6.92 Å². The molecule has 3 rings (SSSR count). The Hall–Kier alpha value is -3.21. The number of benzene rings is 2. The predicted octanol–water partition coefficient (Wildman–Crippen LogP) is 4.90. The Bertz CT molecular complexity index is 887. The van der Waals surface area contributed by atoms with Crippen molar-refractivity contribution in [2.45, 2.75) is 26.7 Å². The summed E-state index contributed by atoms with van der Waals surface area (Å²) in [4.78, 5) is 20.9. The van der Waals surface area contributed by atoms with E-state index in [2.05, 4.69) is 46.6 Å². The molecule has 0 aliphatic heterocycles. The second-order valence-electron chi connectivity index (χ2n) is 6.49. The summed E-state index contributed by atoms with van der Waals surface area (Å²) in [6, 6.07) is 17.3. The molecule has 0 fully saturated rings. The zero-order valence-corrected chi connectivity index (χ0v) is 15.2. The van der Waals surface area contributed by atoms with Crippen molar-refractivity contribution in [1.82, 2.24) is 9.97 Å². The van der Waals surface area contributed by atoms with Crippen LogP contribution in [0.15, 0.2) is 60.8 Å². The molecule has 3 aromatic rings. The van der Waals surface area contributed by atoms with Gasteiger partial charge in [-0.05, 0) is 48.7 Å². The van der Waals surface area contributed by atoms with E-state index in [-0.39, 0.29) is 5.91 Å². The van der Waals surface area contributed by atoms with Crippen molar-refractivity contribution in [2.24, 2.45) is 0 Å². The maximum atomic E-state index is 12.4. The third kappa shape index (κ3) is 4.45. The zero-order valence-electron chi connectivity index (χ0n) is 15.2. The molecule has 0 saturated carbocycles. The highest BCUT2D eigenvalue weighted by Crippen LogP contribution is 2.19. The minimum atomic E-state index is -0.269. The van der Waals surface area contributed by atoms with Crippen LogP contribution in [-0.4, -0.2) is 15.9 Å². The molecule has 0 atom stereocenters. The molecule has 0 radical (unpaired) electrons. The molecule has 1 amide bonds. The van der Waals surface area contributed by atoms with Gasteiger partial charge in [0.1, 0.15) is 5.69 Å². The average Bonchev–Trinajstić information content (AvgIpc) is 2.64. The Labute approximate surface area is 153 Å². The van der Waals surface area contributed by atoms with Crippen molar-refractivity contribution < 1.29 is 4.79 Å². The molecule has 0 saturated heterocycles. The fraction of sp³-hybridized carbons (Fsp3) is 0.190. The largest absolute Gasteiger partial charge is 0.324 e. The minimum absolute atomic E-state index is 0.269. The molecule has 0 bridgehead atoms. The van der Waals surface area contributed by atoms with Crippen LogP contribution >= 0.6 is 0 Å². The van der Waals surface area contributed by atoms with Crippen LogP contribution in [0.5, 0.6) is 0 Å². The molecule has 0 aliphatic rings. The van der Waals surface area contributed by atoms with Gasteiger partial charge in [0.2, 0.25) is 5.95 Å². The van der Waals surface area contributed by atoms with Crippen molar-refractivity contribution in [3.8, 4) is 0 Å². The fourth-order valence-electron chi connectivity index (χ4n) is 2.46. The van der Waals surface area contributed by atoms with E-state index >= 15 is 0 Å². The average molecular weight is 346 g/mol. The SMILES string of the molecule is Cc1ccc(NC(=O)c2ccnc(Nc3ccc(C(C)C)cc3)n2)cc1. The highest BCUT2D eigenvalue weighted by atomic mass is 16.1. The number of hydrogen-bond acceptors (Lipinski definition) is 4. The van der Waals surface area contributed by atoms with E-state index in [0.717, 1.165) is 16.9 Å². The van der Waals surface area contributed by atoms with Gasteiger partial charge >= 0.3 is 0 Å². The maximum absolute atomic E-state index is 12.4. The van der Waals surface area contributed by atoms with Crippen LogP contribution in [-0.2, 0) is 0 Å². The highest BCUT2D eigenvalue weighted by molar-refractivity contribution is 6.03. The van der Waals surface area contributed by atoms with E-state index in [9.17, 15) is 4.79 Å². The van der Waals surface area contributed by atoms with Crippen molar-refractivity contribution in [1.29, 1.82) is 0 Å². The second kappa shape index (κ2) is 7.78. The summed E-state index contributed by atoms with van der Waals surface area (Å²) in [5, 5.41) is 5.97. The molecule has 26 heavy (non-hydrogen) atoms. The van der Waals surface area contributed by atoms with Gasteiger partial charge in [0.15, 0.2) is 0 Å². The lowest BCUT2D eigenvalue weighted by molar-refractivity contribution is 0.102. The highest BCUT2D eigenvalue weighted by Gasteiger charge is 2.09. The Balaban J connectivity index is 1.71. The molecular formula is C21H22N4O. The number of nitrogens with one attached hydrogen (secondary N) is 2. The first-order chi connectivity index (χ1) is 12.5. The second-order valence-corrected chi connectivity index (χ2v) is 6.49. The Morgan fingerprint density at radius 1 is 0.923 bits per heavy atom. The van der Waals surface area contributed by atoms with Crippen molar-refractivity contribution in [2.75, 3.05) is 10.6 Å². The summed E-state index contributed by atoms with van der Waals surface area (Å²) < 4.78 is 0. The first-order valence-corrected chi connectivity index (χ1v) is 8.59. The Morgan fingerprint density at radius 2 is 1.58 bits per heavy atom. The number of nitrogens with zero attached hydrogens (tertiary/aromatic N) is 2. The van der Waals surface area contributed by atoms with Gasteiger partial charge in [-0.2, -0.15) is 0 Å². The van der Waals surface area contributed by atoms with Gasteiger partial charge in [-0.25, -0.2) is 9.97 Å². The molecular weight excluding hydrogens is 324 g/mol. The first kappa shape index (κ1) is 17.6. The van der Waals surface area contributed by atoms with Crippen LogP contribution in [0.3, 0.4) is 0 Å². The first-order valence-electron chi connectivity index (χ1n) is 8.59. The molecule has 5 heteroatoms. The van der Waals surface area contributed by atoms with Crippen LogP contribution in [0.25, 0.3) is 0 Å². The lowest BCUT2D eigenvalue weighted by Crippen LogP contribution is -2.14. The summed E-state index contributed by atoms with van der Waals surface area (Å²) in [5.74, 6) is 0.599. The third-order valence-corrected chi connectivity index (χ3v) is 4.03. The van der Waals surface area contributed by atoms with E-state index in [1.54, 1.807) is 12.3 Å².